The van der Waals surface area contributed by atoms with E-state index in [9.17, 15) is 9.59 Å². The molecular formula is C19H18N2O4S. The van der Waals surface area contributed by atoms with Gasteiger partial charge < -0.3 is 14.5 Å². The van der Waals surface area contributed by atoms with Crippen LogP contribution in [0.1, 0.15) is 34.4 Å². The molecule has 2 aromatic rings. The molecule has 0 atom stereocenters. The first-order valence-corrected chi connectivity index (χ1v) is 8.50. The molecule has 26 heavy (non-hydrogen) atoms. The molecule has 3 rings (SSSR count). The molecule has 0 saturated carbocycles. The average Bonchev–Trinajstić information content (AvgIpc) is 3.13. The van der Waals surface area contributed by atoms with E-state index in [2.05, 4.69) is 5.32 Å². The van der Waals surface area contributed by atoms with Crippen LogP contribution in [0, 0.1) is 6.92 Å². The molecule has 0 radical (unpaired) electrons. The predicted octanol–water partition coefficient (Wildman–Crippen LogP) is 3.20. The quantitative estimate of drug-likeness (QED) is 0.506. The first kappa shape index (κ1) is 17.9. The van der Waals surface area contributed by atoms with E-state index >= 15 is 0 Å². The summed E-state index contributed by atoms with van der Waals surface area (Å²) in [5, 5.41) is 3.20. The maximum atomic E-state index is 12.8. The number of thiocarbonyl (C=S) groups is 1. The van der Waals surface area contributed by atoms with Crippen molar-refractivity contribution in [2.75, 3.05) is 12.0 Å². The molecule has 1 amide bonds. The fraction of sp³-hybridized carbons (Fsp3) is 0.211. The third kappa shape index (κ3) is 3.25. The van der Waals surface area contributed by atoms with Crippen LogP contribution in [0.25, 0.3) is 6.08 Å². The molecule has 134 valence electrons. The number of nitrogens with one attached hydrogen (secondary N) is 1. The molecule has 1 aliphatic rings. The molecule has 1 aliphatic heterocycles. The Kier molecular flexibility index (Phi) is 4.90. The van der Waals surface area contributed by atoms with Gasteiger partial charge in [0.25, 0.3) is 5.91 Å². The van der Waals surface area contributed by atoms with Crippen LogP contribution in [0.15, 0.2) is 40.4 Å². The Morgan fingerprint density at radius 2 is 2.15 bits per heavy atom. The van der Waals surface area contributed by atoms with E-state index in [-0.39, 0.29) is 11.6 Å². The van der Waals surface area contributed by atoms with Crippen molar-refractivity contribution in [3.05, 3.63) is 58.7 Å². The first-order chi connectivity index (χ1) is 12.4. The number of rotatable bonds is 4. The van der Waals surface area contributed by atoms with Crippen molar-refractivity contribution < 1.29 is 18.7 Å². The molecule has 0 bridgehead atoms. The van der Waals surface area contributed by atoms with Crippen LogP contribution in [0.5, 0.6) is 0 Å². The Balaban J connectivity index is 1.91. The summed E-state index contributed by atoms with van der Waals surface area (Å²) in [5.41, 5.74) is 2.42. The van der Waals surface area contributed by atoms with Crippen molar-refractivity contribution in [3.8, 4) is 0 Å². The summed E-state index contributed by atoms with van der Waals surface area (Å²) in [6.45, 7) is 3.70. The summed E-state index contributed by atoms with van der Waals surface area (Å²) in [5.74, 6) is 0.0157. The van der Waals surface area contributed by atoms with Gasteiger partial charge in [-0.05, 0) is 49.3 Å². The highest BCUT2D eigenvalue weighted by atomic mass is 32.1. The van der Waals surface area contributed by atoms with Gasteiger partial charge in [-0.1, -0.05) is 19.1 Å². The number of ether oxygens (including phenoxy) is 1. The third-order valence-electron chi connectivity index (χ3n) is 4.08. The summed E-state index contributed by atoms with van der Waals surface area (Å²) in [7, 11) is 1.30. The second-order valence-electron chi connectivity index (χ2n) is 5.76. The van der Waals surface area contributed by atoms with Gasteiger partial charge >= 0.3 is 5.97 Å². The molecule has 1 saturated heterocycles. The van der Waals surface area contributed by atoms with Gasteiger partial charge in [0, 0.05) is 6.08 Å². The number of furan rings is 1. The highest BCUT2D eigenvalue weighted by Crippen LogP contribution is 2.25. The maximum Gasteiger partial charge on any atom is 0.341 e. The average molecular weight is 370 g/mol. The minimum Gasteiger partial charge on any atom is -0.465 e. The van der Waals surface area contributed by atoms with E-state index in [4.69, 9.17) is 21.4 Å². The summed E-state index contributed by atoms with van der Waals surface area (Å²) in [6, 6.07) is 9.19. The summed E-state index contributed by atoms with van der Waals surface area (Å²) in [6.07, 6.45) is 2.39. The smallest absolute Gasteiger partial charge is 0.341 e. The normalized spacial score (nSPS) is 15.5. The molecular weight excluding hydrogens is 352 g/mol. The van der Waals surface area contributed by atoms with Gasteiger partial charge in [0.05, 0.1) is 12.8 Å². The zero-order valence-corrected chi connectivity index (χ0v) is 15.5. The number of anilines is 1. The van der Waals surface area contributed by atoms with E-state index in [0.717, 1.165) is 12.0 Å². The van der Waals surface area contributed by atoms with Gasteiger partial charge in [0.15, 0.2) is 5.11 Å². The Morgan fingerprint density at radius 3 is 2.85 bits per heavy atom. The lowest BCUT2D eigenvalue weighted by molar-refractivity contribution is -0.113. The van der Waals surface area contributed by atoms with Crippen molar-refractivity contribution in [1.82, 2.24) is 5.32 Å². The lowest BCUT2D eigenvalue weighted by atomic mass is 10.1. The number of amides is 1. The summed E-state index contributed by atoms with van der Waals surface area (Å²) >= 11 is 5.31. The Bertz CT molecular complexity index is 929. The first-order valence-electron chi connectivity index (χ1n) is 8.09. The van der Waals surface area contributed by atoms with Gasteiger partial charge in [0.2, 0.25) is 0 Å². The molecule has 1 fully saturated rings. The van der Waals surface area contributed by atoms with Crippen molar-refractivity contribution in [1.29, 1.82) is 0 Å². The maximum absolute atomic E-state index is 12.8. The number of carbonyl (C=O) groups is 2. The number of methoxy groups -OCH3 is 1. The van der Waals surface area contributed by atoms with Gasteiger partial charge in [-0.15, -0.1) is 0 Å². The number of hydrogen-bond acceptors (Lipinski definition) is 5. The van der Waals surface area contributed by atoms with E-state index in [1.165, 1.54) is 24.2 Å². The highest BCUT2D eigenvalue weighted by Gasteiger charge is 2.32. The van der Waals surface area contributed by atoms with Crippen molar-refractivity contribution in [2.24, 2.45) is 0 Å². The standard InChI is InChI=1S/C19H18N2O4S/c1-4-12-6-5-7-13(8-12)21-17(22)16(20-19(21)26)10-14-9-15(11(2)25-14)18(23)24-3/h5-10H,4H2,1-3H3,(H,20,26)/b16-10+. The molecule has 0 aliphatic carbocycles. The molecule has 1 N–H and O–H groups in total. The molecule has 7 heteroatoms. The summed E-state index contributed by atoms with van der Waals surface area (Å²) < 4.78 is 10.2. The number of benzene rings is 1. The van der Waals surface area contributed by atoms with Crippen LogP contribution in [-0.2, 0) is 16.0 Å². The Morgan fingerprint density at radius 1 is 1.38 bits per heavy atom. The fourth-order valence-electron chi connectivity index (χ4n) is 2.72. The number of esters is 1. The summed E-state index contributed by atoms with van der Waals surface area (Å²) in [4.78, 5) is 25.9. The van der Waals surface area contributed by atoms with Gasteiger partial charge in [0.1, 0.15) is 22.8 Å². The van der Waals surface area contributed by atoms with Crippen LogP contribution < -0.4 is 10.2 Å². The van der Waals surface area contributed by atoms with E-state index < -0.39 is 5.97 Å². The predicted molar refractivity (Wildman–Crippen MR) is 102 cm³/mol. The fourth-order valence-corrected chi connectivity index (χ4v) is 3.01. The van der Waals surface area contributed by atoms with Crippen LogP contribution >= 0.6 is 12.2 Å². The van der Waals surface area contributed by atoms with E-state index in [0.29, 0.717) is 27.9 Å². The van der Waals surface area contributed by atoms with Gasteiger partial charge in [-0.3, -0.25) is 9.69 Å². The largest absolute Gasteiger partial charge is 0.465 e. The monoisotopic (exact) mass is 370 g/mol. The van der Waals surface area contributed by atoms with Crippen LogP contribution in [0.2, 0.25) is 0 Å². The van der Waals surface area contributed by atoms with E-state index in [1.807, 2.05) is 31.2 Å². The van der Waals surface area contributed by atoms with E-state index in [1.54, 1.807) is 6.92 Å². The van der Waals surface area contributed by atoms with Crippen molar-refractivity contribution in [2.45, 2.75) is 20.3 Å². The van der Waals surface area contributed by atoms with Crippen molar-refractivity contribution in [3.63, 3.8) is 0 Å². The van der Waals surface area contributed by atoms with Crippen LogP contribution in [-0.4, -0.2) is 24.1 Å². The number of aryl methyl sites for hydroxylation is 2. The Labute approximate surface area is 156 Å². The van der Waals surface area contributed by atoms with Crippen LogP contribution in [0.4, 0.5) is 5.69 Å². The lowest BCUT2D eigenvalue weighted by Crippen LogP contribution is -2.30. The Hall–Kier alpha value is -2.93. The van der Waals surface area contributed by atoms with Crippen LogP contribution in [0.3, 0.4) is 0 Å². The van der Waals surface area contributed by atoms with Crippen molar-refractivity contribution >= 4 is 41.0 Å². The topological polar surface area (TPSA) is 71.8 Å². The lowest BCUT2D eigenvalue weighted by Gasteiger charge is -2.14. The SMILES string of the molecule is CCc1cccc(N2C(=O)/C(=C\c3cc(C(=O)OC)c(C)o3)NC2=S)c1. The second kappa shape index (κ2) is 7.13. The second-order valence-corrected chi connectivity index (χ2v) is 6.15. The molecule has 6 nitrogen and oxygen atoms in total. The van der Waals surface area contributed by atoms with Gasteiger partial charge in [-0.2, -0.15) is 0 Å². The number of carbonyl (C=O) groups excluding carboxylic acids is 2. The number of nitrogens with zero attached hydrogens (tertiary/aromatic N) is 1. The zero-order chi connectivity index (χ0) is 18.8. The molecule has 0 unspecified atom stereocenters. The molecule has 2 heterocycles. The molecule has 1 aromatic carbocycles. The third-order valence-corrected chi connectivity index (χ3v) is 4.37. The minimum atomic E-state index is -0.491. The van der Waals surface area contributed by atoms with Gasteiger partial charge in [-0.25, -0.2) is 4.79 Å². The minimum absolute atomic E-state index is 0.280. The zero-order valence-electron chi connectivity index (χ0n) is 14.7. The molecule has 1 aromatic heterocycles. The molecule has 0 spiro atoms. The number of hydrogen-bond donors (Lipinski definition) is 1. The highest BCUT2D eigenvalue weighted by molar-refractivity contribution is 7.80.